The van der Waals surface area contributed by atoms with E-state index in [4.69, 9.17) is 0 Å². The molecule has 0 radical (unpaired) electrons. The van der Waals surface area contributed by atoms with Crippen LogP contribution >= 0.6 is 0 Å². The number of carbonyl (C=O) groups excluding carboxylic acids is 1. The molecule has 0 bridgehead atoms. The molecule has 0 spiro atoms. The maximum Gasteiger partial charge on any atom is 0.227 e. The van der Waals surface area contributed by atoms with E-state index in [0.29, 0.717) is 25.0 Å². The zero-order chi connectivity index (χ0) is 16.3. The molecule has 4 nitrogen and oxygen atoms in total. The van der Waals surface area contributed by atoms with E-state index in [1.807, 2.05) is 4.90 Å². The minimum absolute atomic E-state index is 0.0631. The second kappa shape index (κ2) is 7.73. The third-order valence-electron chi connectivity index (χ3n) is 4.95. The van der Waals surface area contributed by atoms with Gasteiger partial charge in [-0.15, -0.1) is 0 Å². The number of amides is 1. The number of likely N-dealkylation sites (tertiary alicyclic amines) is 1. The van der Waals surface area contributed by atoms with Crippen LogP contribution in [0.25, 0.3) is 0 Å². The van der Waals surface area contributed by atoms with Crippen LogP contribution in [0.1, 0.15) is 34.1 Å². The molecule has 22 heavy (non-hydrogen) atoms. The first-order valence-corrected chi connectivity index (χ1v) is 8.75. The second-order valence-corrected chi connectivity index (χ2v) is 7.57. The van der Waals surface area contributed by atoms with Gasteiger partial charge >= 0.3 is 0 Å². The van der Waals surface area contributed by atoms with Crippen LogP contribution in [-0.4, -0.2) is 78.6 Å². The molecule has 2 fully saturated rings. The number of rotatable bonds is 5. The molecular weight excluding hydrogens is 281 g/mol. The average Bonchev–Trinajstić information content (AvgIpc) is 2.95. The molecule has 1 amide bonds. The molecule has 2 rings (SSSR count). The standard InChI is InChI=1S/C17H32FN3O/c1-13(2)10-19-7-8-21(16(9-18)12-19)17(22)15-5-6-20(11-15)14(3)4/h13-16H,5-12H2,1-4H3/t15-,16+/m1/s1. The Hall–Kier alpha value is -0.680. The zero-order valence-electron chi connectivity index (χ0n) is 14.6. The smallest absolute Gasteiger partial charge is 0.227 e. The van der Waals surface area contributed by atoms with E-state index in [2.05, 4.69) is 37.5 Å². The highest BCUT2D eigenvalue weighted by Crippen LogP contribution is 2.23. The van der Waals surface area contributed by atoms with E-state index in [0.717, 1.165) is 32.6 Å². The molecule has 0 aromatic carbocycles. The van der Waals surface area contributed by atoms with Crippen molar-refractivity contribution in [2.45, 2.75) is 46.2 Å². The van der Waals surface area contributed by atoms with Crippen LogP contribution in [0.15, 0.2) is 0 Å². The Morgan fingerprint density at radius 1 is 1.14 bits per heavy atom. The van der Waals surface area contributed by atoms with Crippen LogP contribution in [0.5, 0.6) is 0 Å². The van der Waals surface area contributed by atoms with Gasteiger partial charge in [0.15, 0.2) is 0 Å². The molecule has 2 saturated heterocycles. The molecule has 0 N–H and O–H groups in total. The monoisotopic (exact) mass is 313 g/mol. The average molecular weight is 313 g/mol. The third-order valence-corrected chi connectivity index (χ3v) is 4.95. The first kappa shape index (κ1) is 17.7. The summed E-state index contributed by atoms with van der Waals surface area (Å²) in [5.41, 5.74) is 0. The molecule has 2 atom stereocenters. The minimum Gasteiger partial charge on any atom is -0.334 e. The van der Waals surface area contributed by atoms with Crippen LogP contribution in [0.3, 0.4) is 0 Å². The van der Waals surface area contributed by atoms with Crippen molar-refractivity contribution in [1.29, 1.82) is 0 Å². The van der Waals surface area contributed by atoms with Crippen molar-refractivity contribution in [1.82, 2.24) is 14.7 Å². The number of alkyl halides is 1. The van der Waals surface area contributed by atoms with E-state index in [9.17, 15) is 9.18 Å². The Labute approximate surface area is 134 Å². The van der Waals surface area contributed by atoms with E-state index in [1.54, 1.807) is 0 Å². The second-order valence-electron chi connectivity index (χ2n) is 7.57. The van der Waals surface area contributed by atoms with Crippen LogP contribution < -0.4 is 0 Å². The van der Waals surface area contributed by atoms with Crippen molar-refractivity contribution >= 4 is 5.91 Å². The van der Waals surface area contributed by atoms with Crippen LogP contribution in [0.2, 0.25) is 0 Å². The highest BCUT2D eigenvalue weighted by molar-refractivity contribution is 5.80. The summed E-state index contributed by atoms with van der Waals surface area (Å²) < 4.78 is 13.5. The molecule has 0 aromatic rings. The highest BCUT2D eigenvalue weighted by atomic mass is 19.1. The fraction of sp³-hybridized carbons (Fsp3) is 0.941. The lowest BCUT2D eigenvalue weighted by atomic mass is 10.0. The summed E-state index contributed by atoms with van der Waals surface area (Å²) in [7, 11) is 0. The summed E-state index contributed by atoms with van der Waals surface area (Å²) in [6, 6.07) is 0.228. The fourth-order valence-corrected chi connectivity index (χ4v) is 3.72. The van der Waals surface area contributed by atoms with Gasteiger partial charge in [0, 0.05) is 38.8 Å². The van der Waals surface area contributed by atoms with Gasteiger partial charge in [0.05, 0.1) is 12.0 Å². The SMILES string of the molecule is CC(C)CN1CCN(C(=O)[C@@H]2CCN(C(C)C)C2)[C@@H](CF)C1. The van der Waals surface area contributed by atoms with Crippen LogP contribution in [-0.2, 0) is 4.79 Å². The fourth-order valence-electron chi connectivity index (χ4n) is 3.72. The van der Waals surface area contributed by atoms with Gasteiger partial charge in [-0.25, -0.2) is 4.39 Å². The lowest BCUT2D eigenvalue weighted by Gasteiger charge is -2.42. The topological polar surface area (TPSA) is 26.8 Å². The van der Waals surface area contributed by atoms with Gasteiger partial charge in [0.1, 0.15) is 6.67 Å². The van der Waals surface area contributed by atoms with E-state index in [1.165, 1.54) is 0 Å². The number of carbonyl (C=O) groups is 1. The predicted molar refractivity (Wildman–Crippen MR) is 87.6 cm³/mol. The van der Waals surface area contributed by atoms with Gasteiger partial charge < -0.3 is 9.80 Å². The molecule has 0 aliphatic carbocycles. The quantitative estimate of drug-likeness (QED) is 0.775. The Morgan fingerprint density at radius 2 is 1.86 bits per heavy atom. The number of hydrogen-bond acceptors (Lipinski definition) is 3. The first-order valence-electron chi connectivity index (χ1n) is 8.75. The molecular formula is C17H32FN3O. The Kier molecular flexibility index (Phi) is 6.21. The van der Waals surface area contributed by atoms with Gasteiger partial charge in [-0.2, -0.15) is 0 Å². The third kappa shape index (κ3) is 4.19. The Balaban J connectivity index is 1.92. The van der Waals surface area contributed by atoms with Crippen LogP contribution in [0.4, 0.5) is 4.39 Å². The summed E-state index contributed by atoms with van der Waals surface area (Å²) >= 11 is 0. The van der Waals surface area contributed by atoms with E-state index < -0.39 is 6.67 Å². The minimum atomic E-state index is -0.430. The molecule has 128 valence electrons. The van der Waals surface area contributed by atoms with Crippen molar-refractivity contribution in [3.05, 3.63) is 0 Å². The molecule has 0 unspecified atom stereocenters. The summed E-state index contributed by atoms with van der Waals surface area (Å²) in [6.07, 6.45) is 0.919. The maximum atomic E-state index is 13.5. The van der Waals surface area contributed by atoms with Gasteiger partial charge in [0.2, 0.25) is 5.91 Å². The summed E-state index contributed by atoms with van der Waals surface area (Å²) in [5.74, 6) is 0.819. The molecule has 0 saturated carbocycles. The van der Waals surface area contributed by atoms with Crippen LogP contribution in [0, 0.1) is 11.8 Å². The first-order chi connectivity index (χ1) is 10.4. The predicted octanol–water partition coefficient (Wildman–Crippen LogP) is 1.85. The van der Waals surface area contributed by atoms with Crippen molar-refractivity contribution in [2.75, 3.05) is 45.9 Å². The summed E-state index contributed by atoms with van der Waals surface area (Å²) in [5, 5.41) is 0. The zero-order valence-corrected chi connectivity index (χ0v) is 14.6. The molecule has 2 aliphatic rings. The molecule has 0 aromatic heterocycles. The molecule has 2 aliphatic heterocycles. The van der Waals surface area contributed by atoms with Crippen molar-refractivity contribution in [3.63, 3.8) is 0 Å². The lowest BCUT2D eigenvalue weighted by Crippen LogP contribution is -2.58. The lowest BCUT2D eigenvalue weighted by molar-refractivity contribution is -0.140. The Bertz CT molecular complexity index is 375. The number of piperazine rings is 1. The molecule has 5 heteroatoms. The van der Waals surface area contributed by atoms with Gasteiger partial charge in [-0.3, -0.25) is 9.69 Å². The van der Waals surface area contributed by atoms with Crippen molar-refractivity contribution in [2.24, 2.45) is 11.8 Å². The largest absolute Gasteiger partial charge is 0.334 e. The van der Waals surface area contributed by atoms with Gasteiger partial charge in [-0.05, 0) is 32.7 Å². The summed E-state index contributed by atoms with van der Waals surface area (Å²) in [6.45, 7) is 13.3. The van der Waals surface area contributed by atoms with Crippen molar-refractivity contribution < 1.29 is 9.18 Å². The maximum absolute atomic E-state index is 13.5. The van der Waals surface area contributed by atoms with Crippen molar-refractivity contribution in [3.8, 4) is 0 Å². The molecule has 2 heterocycles. The normalized spacial score (nSPS) is 28.0. The highest BCUT2D eigenvalue weighted by Gasteiger charge is 2.37. The van der Waals surface area contributed by atoms with E-state index in [-0.39, 0.29) is 17.9 Å². The summed E-state index contributed by atoms with van der Waals surface area (Å²) in [4.78, 5) is 19.3. The van der Waals surface area contributed by atoms with Gasteiger partial charge in [-0.1, -0.05) is 13.8 Å². The number of nitrogens with zero attached hydrogens (tertiary/aromatic N) is 3. The van der Waals surface area contributed by atoms with Gasteiger partial charge in [0.25, 0.3) is 0 Å². The number of hydrogen-bond donors (Lipinski definition) is 0. The van der Waals surface area contributed by atoms with E-state index >= 15 is 0 Å². The Morgan fingerprint density at radius 3 is 2.41 bits per heavy atom. The number of halogens is 1.